The van der Waals surface area contributed by atoms with E-state index in [-0.39, 0.29) is 5.97 Å². The summed E-state index contributed by atoms with van der Waals surface area (Å²) in [6.07, 6.45) is 21.7. The van der Waals surface area contributed by atoms with Gasteiger partial charge in [0, 0.05) is 6.42 Å². The molecule has 0 bridgehead atoms. The van der Waals surface area contributed by atoms with Crippen molar-refractivity contribution in [2.45, 2.75) is 96.8 Å². The Bertz CT molecular complexity index is 281. The zero-order valence-electron chi connectivity index (χ0n) is 14.7. The summed E-state index contributed by atoms with van der Waals surface area (Å²) in [5.41, 5.74) is 0. The molecule has 0 aliphatic carbocycles. The number of carbonyl (C=O) groups is 1. The predicted octanol–water partition coefficient (Wildman–Crippen LogP) is 6.71. The van der Waals surface area contributed by atoms with Crippen molar-refractivity contribution in [3.63, 3.8) is 0 Å². The van der Waals surface area contributed by atoms with Gasteiger partial charge >= 0.3 is 5.97 Å². The van der Waals surface area contributed by atoms with E-state index in [9.17, 15) is 4.79 Å². The van der Waals surface area contributed by atoms with Crippen LogP contribution in [0.3, 0.4) is 0 Å². The highest BCUT2D eigenvalue weighted by molar-refractivity contribution is 5.69. The van der Waals surface area contributed by atoms with E-state index in [2.05, 4.69) is 13.5 Å². The Labute approximate surface area is 138 Å². The summed E-state index contributed by atoms with van der Waals surface area (Å²) in [5, 5.41) is 0. The standard InChI is InChI=1S/C20H36O2/c1-3-5-7-9-11-13-15-17-19-22-20(21)18-16-14-12-10-8-6-4-2/h4,17,19H,2-3,5-16,18H2,1H3. The minimum absolute atomic E-state index is 0.0923. The molecule has 2 heteroatoms. The molecular weight excluding hydrogens is 272 g/mol. The highest BCUT2D eigenvalue weighted by Gasteiger charge is 2.00. The number of carbonyl (C=O) groups excluding carboxylic acids is 1. The van der Waals surface area contributed by atoms with E-state index in [1.807, 2.05) is 12.2 Å². The van der Waals surface area contributed by atoms with E-state index in [1.165, 1.54) is 57.8 Å². The van der Waals surface area contributed by atoms with Crippen LogP contribution in [0, 0.1) is 0 Å². The summed E-state index contributed by atoms with van der Waals surface area (Å²) in [6, 6.07) is 0. The second-order valence-corrected chi connectivity index (χ2v) is 6.01. The molecule has 0 spiro atoms. The summed E-state index contributed by atoms with van der Waals surface area (Å²) in [5.74, 6) is -0.0923. The predicted molar refractivity (Wildman–Crippen MR) is 95.7 cm³/mol. The van der Waals surface area contributed by atoms with Gasteiger partial charge in [-0.15, -0.1) is 6.58 Å². The van der Waals surface area contributed by atoms with Gasteiger partial charge in [-0.2, -0.15) is 0 Å². The number of hydrogen-bond acceptors (Lipinski definition) is 2. The molecule has 0 aromatic heterocycles. The average molecular weight is 309 g/mol. The lowest BCUT2D eigenvalue weighted by atomic mass is 10.1. The fourth-order valence-electron chi connectivity index (χ4n) is 2.38. The van der Waals surface area contributed by atoms with Crippen molar-refractivity contribution in [3.8, 4) is 0 Å². The maximum atomic E-state index is 11.5. The van der Waals surface area contributed by atoms with Crippen LogP contribution in [0.2, 0.25) is 0 Å². The molecule has 0 fully saturated rings. The van der Waals surface area contributed by atoms with Gasteiger partial charge in [0.2, 0.25) is 0 Å². The molecule has 0 atom stereocenters. The van der Waals surface area contributed by atoms with Crippen molar-refractivity contribution in [2.75, 3.05) is 0 Å². The zero-order valence-corrected chi connectivity index (χ0v) is 14.7. The van der Waals surface area contributed by atoms with E-state index in [0.29, 0.717) is 6.42 Å². The largest absolute Gasteiger partial charge is 0.435 e. The summed E-state index contributed by atoms with van der Waals surface area (Å²) >= 11 is 0. The number of ether oxygens (including phenoxy) is 1. The molecule has 0 amide bonds. The number of rotatable bonds is 16. The van der Waals surface area contributed by atoms with E-state index in [4.69, 9.17) is 4.74 Å². The van der Waals surface area contributed by atoms with Crippen molar-refractivity contribution in [2.24, 2.45) is 0 Å². The van der Waals surface area contributed by atoms with Crippen LogP contribution >= 0.6 is 0 Å². The van der Waals surface area contributed by atoms with E-state index in [1.54, 1.807) is 6.26 Å². The number of hydrogen-bond donors (Lipinski definition) is 0. The van der Waals surface area contributed by atoms with Gasteiger partial charge in [-0.05, 0) is 38.2 Å². The summed E-state index contributed by atoms with van der Waals surface area (Å²) < 4.78 is 5.10. The molecule has 0 aromatic rings. The normalized spacial score (nSPS) is 11.0. The Kier molecular flexibility index (Phi) is 17.1. The molecule has 0 aromatic carbocycles. The lowest BCUT2D eigenvalue weighted by Gasteiger charge is -2.01. The monoisotopic (exact) mass is 308 g/mol. The molecular formula is C20H36O2. The third-order valence-corrected chi connectivity index (χ3v) is 3.81. The number of esters is 1. The maximum absolute atomic E-state index is 11.5. The van der Waals surface area contributed by atoms with Gasteiger partial charge in [0.1, 0.15) is 0 Å². The Morgan fingerprint density at radius 3 is 2.14 bits per heavy atom. The Hall–Kier alpha value is -1.05. The van der Waals surface area contributed by atoms with Gasteiger partial charge in [-0.1, -0.05) is 64.4 Å². The van der Waals surface area contributed by atoms with Crippen molar-refractivity contribution in [1.82, 2.24) is 0 Å². The molecule has 0 saturated heterocycles. The summed E-state index contributed by atoms with van der Waals surface area (Å²) in [6.45, 7) is 5.95. The van der Waals surface area contributed by atoms with Crippen LogP contribution in [0.4, 0.5) is 0 Å². The van der Waals surface area contributed by atoms with E-state index in [0.717, 1.165) is 25.7 Å². The topological polar surface area (TPSA) is 26.3 Å². The second kappa shape index (κ2) is 18.0. The third kappa shape index (κ3) is 17.0. The van der Waals surface area contributed by atoms with Crippen LogP contribution in [-0.2, 0) is 9.53 Å². The minimum atomic E-state index is -0.0923. The molecule has 0 aliphatic rings. The third-order valence-electron chi connectivity index (χ3n) is 3.81. The van der Waals surface area contributed by atoms with Gasteiger partial charge in [-0.25, -0.2) is 0 Å². The minimum Gasteiger partial charge on any atom is -0.435 e. The molecule has 0 radical (unpaired) electrons. The van der Waals surface area contributed by atoms with E-state index >= 15 is 0 Å². The lowest BCUT2D eigenvalue weighted by Crippen LogP contribution is -1.98. The van der Waals surface area contributed by atoms with Crippen molar-refractivity contribution in [3.05, 3.63) is 25.0 Å². The van der Waals surface area contributed by atoms with Gasteiger partial charge in [0.25, 0.3) is 0 Å². The first-order valence-corrected chi connectivity index (χ1v) is 9.26. The van der Waals surface area contributed by atoms with Gasteiger partial charge < -0.3 is 4.74 Å². The average Bonchev–Trinajstić information content (AvgIpc) is 2.52. The van der Waals surface area contributed by atoms with Crippen molar-refractivity contribution in [1.29, 1.82) is 0 Å². The molecule has 0 unspecified atom stereocenters. The first-order chi connectivity index (χ1) is 10.8. The fraction of sp³-hybridized carbons (Fsp3) is 0.750. The van der Waals surface area contributed by atoms with Gasteiger partial charge in [0.05, 0.1) is 6.26 Å². The van der Waals surface area contributed by atoms with E-state index < -0.39 is 0 Å². The van der Waals surface area contributed by atoms with Crippen LogP contribution in [0.25, 0.3) is 0 Å². The molecule has 0 saturated carbocycles. The van der Waals surface area contributed by atoms with Crippen LogP contribution < -0.4 is 0 Å². The highest BCUT2D eigenvalue weighted by atomic mass is 16.5. The van der Waals surface area contributed by atoms with Crippen LogP contribution in [0.5, 0.6) is 0 Å². The van der Waals surface area contributed by atoms with Gasteiger partial charge in [0.15, 0.2) is 0 Å². The highest BCUT2D eigenvalue weighted by Crippen LogP contribution is 2.09. The number of unbranched alkanes of at least 4 members (excludes halogenated alkanes) is 11. The SMILES string of the molecule is C=CCCCCCCCC(=O)OC=CCCCCCCCC. The summed E-state index contributed by atoms with van der Waals surface area (Å²) in [4.78, 5) is 11.5. The van der Waals surface area contributed by atoms with Crippen molar-refractivity contribution >= 4 is 5.97 Å². The first-order valence-electron chi connectivity index (χ1n) is 9.26. The first kappa shape index (κ1) is 20.9. The molecule has 0 aliphatic heterocycles. The molecule has 2 nitrogen and oxygen atoms in total. The molecule has 22 heavy (non-hydrogen) atoms. The van der Waals surface area contributed by atoms with Gasteiger partial charge in [-0.3, -0.25) is 4.79 Å². The second-order valence-electron chi connectivity index (χ2n) is 6.01. The van der Waals surface area contributed by atoms with Crippen LogP contribution in [0.1, 0.15) is 96.8 Å². The lowest BCUT2D eigenvalue weighted by molar-refractivity contribution is -0.138. The Morgan fingerprint density at radius 2 is 1.45 bits per heavy atom. The molecule has 0 heterocycles. The Balaban J connectivity index is 3.27. The fourth-order valence-corrected chi connectivity index (χ4v) is 2.38. The molecule has 0 rings (SSSR count). The smallest absolute Gasteiger partial charge is 0.310 e. The summed E-state index contributed by atoms with van der Waals surface area (Å²) in [7, 11) is 0. The molecule has 0 N–H and O–H groups in total. The molecule has 128 valence electrons. The number of allylic oxidation sites excluding steroid dienone is 2. The Morgan fingerprint density at radius 1 is 0.864 bits per heavy atom. The van der Waals surface area contributed by atoms with Crippen molar-refractivity contribution < 1.29 is 9.53 Å². The quantitative estimate of drug-likeness (QED) is 0.137. The maximum Gasteiger partial charge on any atom is 0.310 e. The van der Waals surface area contributed by atoms with Crippen LogP contribution in [0.15, 0.2) is 25.0 Å². The zero-order chi connectivity index (χ0) is 16.3. The van der Waals surface area contributed by atoms with Crippen LogP contribution in [-0.4, -0.2) is 5.97 Å².